The molecule has 0 aliphatic carbocycles. The monoisotopic (exact) mass is 474 g/mol. The van der Waals surface area contributed by atoms with E-state index in [1.807, 2.05) is 92.0 Å². The van der Waals surface area contributed by atoms with Crippen molar-refractivity contribution >= 4 is 16.9 Å². The molecule has 0 radical (unpaired) electrons. The summed E-state index contributed by atoms with van der Waals surface area (Å²) >= 11 is 0. The van der Waals surface area contributed by atoms with Crippen LogP contribution in [-0.2, 0) is 25.9 Å². The second-order valence-electron chi connectivity index (χ2n) is 9.21. The first-order valence-electron chi connectivity index (χ1n) is 12.1. The first-order valence-corrected chi connectivity index (χ1v) is 12.1. The van der Waals surface area contributed by atoms with E-state index >= 15 is 0 Å². The van der Waals surface area contributed by atoms with Gasteiger partial charge in [0, 0.05) is 25.2 Å². The number of rotatable bonds is 9. The molecule has 2 aromatic heterocycles. The number of imidazole rings is 1. The van der Waals surface area contributed by atoms with Gasteiger partial charge in [-0.15, -0.1) is 0 Å². The van der Waals surface area contributed by atoms with Gasteiger partial charge in [-0.2, -0.15) is 0 Å². The second-order valence-corrected chi connectivity index (χ2v) is 9.21. The predicted molar refractivity (Wildman–Crippen MR) is 141 cm³/mol. The summed E-state index contributed by atoms with van der Waals surface area (Å²) in [5.41, 5.74) is 9.02. The van der Waals surface area contributed by atoms with Crippen LogP contribution in [0.2, 0.25) is 0 Å². The van der Waals surface area contributed by atoms with Crippen molar-refractivity contribution in [2.75, 3.05) is 19.8 Å². The van der Waals surface area contributed by atoms with Crippen LogP contribution in [0.4, 0.5) is 5.69 Å². The van der Waals surface area contributed by atoms with Crippen molar-refractivity contribution in [2.45, 2.75) is 52.4 Å². The quantitative estimate of drug-likeness (QED) is 0.376. The van der Waals surface area contributed by atoms with Crippen molar-refractivity contribution in [3.8, 4) is 0 Å². The lowest BCUT2D eigenvalue weighted by Crippen LogP contribution is -2.41. The minimum Gasteiger partial charge on any atom is -0.399 e. The van der Waals surface area contributed by atoms with Gasteiger partial charge in [0.2, 0.25) is 0 Å². The lowest BCUT2D eigenvalue weighted by Gasteiger charge is -2.24. The molecule has 0 amide bonds. The zero-order valence-corrected chi connectivity index (χ0v) is 20.9. The van der Waals surface area contributed by atoms with Gasteiger partial charge in [-0.1, -0.05) is 49.4 Å². The molecule has 1 unspecified atom stereocenters. The first-order chi connectivity index (χ1) is 16.8. The molecule has 4 aromatic rings. The third-order valence-electron chi connectivity index (χ3n) is 6.51. The van der Waals surface area contributed by atoms with Crippen LogP contribution in [-0.4, -0.2) is 37.7 Å². The van der Waals surface area contributed by atoms with Crippen molar-refractivity contribution in [2.24, 2.45) is 0 Å². The molecule has 2 aromatic carbocycles. The number of nitrogen functional groups attached to an aromatic ring is 1. The Morgan fingerprint density at radius 3 is 2.26 bits per heavy atom. The molecule has 35 heavy (non-hydrogen) atoms. The highest BCUT2D eigenvalue weighted by molar-refractivity contribution is 5.71. The first kappa shape index (κ1) is 24.5. The zero-order chi connectivity index (χ0) is 25.1. The van der Waals surface area contributed by atoms with E-state index in [0.717, 1.165) is 17.0 Å². The van der Waals surface area contributed by atoms with Crippen LogP contribution in [0.1, 0.15) is 43.4 Å². The van der Waals surface area contributed by atoms with E-state index in [1.54, 1.807) is 4.57 Å². The third kappa shape index (κ3) is 4.93. The Bertz CT molecular complexity index is 1410. The van der Waals surface area contributed by atoms with Crippen LogP contribution in [0.5, 0.6) is 0 Å². The molecule has 4 rings (SSSR count). The number of hydrogen-bond donors (Lipinski definition) is 1. The molecule has 0 bridgehead atoms. The molecular weight excluding hydrogens is 440 g/mol. The van der Waals surface area contributed by atoms with Crippen LogP contribution >= 0.6 is 0 Å². The zero-order valence-electron chi connectivity index (χ0n) is 20.9. The smallest absolute Gasteiger partial charge is 0.332 e. The molecule has 8 heteroatoms. The number of anilines is 1. The largest absolute Gasteiger partial charge is 0.399 e. The van der Waals surface area contributed by atoms with Crippen molar-refractivity contribution < 1.29 is 0 Å². The highest BCUT2D eigenvalue weighted by atomic mass is 16.2. The van der Waals surface area contributed by atoms with Crippen LogP contribution in [0.25, 0.3) is 11.2 Å². The summed E-state index contributed by atoms with van der Waals surface area (Å²) < 4.78 is 5.02. The van der Waals surface area contributed by atoms with E-state index in [-0.39, 0.29) is 17.4 Å². The van der Waals surface area contributed by atoms with E-state index in [1.165, 1.54) is 4.57 Å². The second kappa shape index (κ2) is 10.3. The van der Waals surface area contributed by atoms with Gasteiger partial charge in [0.05, 0.1) is 6.17 Å². The fraction of sp³-hybridized carbons (Fsp3) is 0.370. The van der Waals surface area contributed by atoms with Crippen LogP contribution in [0.15, 0.2) is 64.2 Å². The van der Waals surface area contributed by atoms with Gasteiger partial charge >= 0.3 is 5.69 Å². The summed E-state index contributed by atoms with van der Waals surface area (Å²) in [4.78, 5) is 34.1. The number of fused-ring (bicyclic) bond motifs is 1. The van der Waals surface area contributed by atoms with Gasteiger partial charge in [0.1, 0.15) is 5.82 Å². The van der Waals surface area contributed by atoms with Crippen molar-refractivity contribution in [1.29, 1.82) is 0 Å². The maximum Gasteiger partial charge on any atom is 0.332 e. The maximum absolute atomic E-state index is 13.7. The number of nitrogens with two attached hydrogens (primary N) is 1. The minimum atomic E-state index is -0.312. The maximum atomic E-state index is 13.7. The van der Waals surface area contributed by atoms with Gasteiger partial charge in [-0.25, -0.2) is 9.78 Å². The Morgan fingerprint density at radius 1 is 0.943 bits per heavy atom. The fourth-order valence-electron chi connectivity index (χ4n) is 4.39. The van der Waals surface area contributed by atoms with Crippen LogP contribution in [0, 0.1) is 0 Å². The molecule has 0 fully saturated rings. The average Bonchev–Trinajstić information content (AvgIpc) is 3.21. The molecule has 184 valence electrons. The number of hydrogen-bond acceptors (Lipinski definition) is 5. The Labute approximate surface area is 205 Å². The highest BCUT2D eigenvalue weighted by Crippen LogP contribution is 2.22. The van der Waals surface area contributed by atoms with Gasteiger partial charge in [0.25, 0.3) is 5.56 Å². The molecular formula is C27H34N6O2. The molecule has 0 spiro atoms. The van der Waals surface area contributed by atoms with Crippen molar-refractivity contribution in [1.82, 2.24) is 23.6 Å². The summed E-state index contributed by atoms with van der Waals surface area (Å²) in [5, 5.41) is 0. The van der Waals surface area contributed by atoms with E-state index in [4.69, 9.17) is 10.7 Å². The van der Waals surface area contributed by atoms with E-state index in [0.29, 0.717) is 49.2 Å². The van der Waals surface area contributed by atoms with Crippen LogP contribution in [0.3, 0.4) is 0 Å². The summed E-state index contributed by atoms with van der Waals surface area (Å²) in [7, 11) is 3.95. The van der Waals surface area contributed by atoms with Crippen molar-refractivity contribution in [3.63, 3.8) is 0 Å². The minimum absolute atomic E-state index is 0.121. The normalized spacial score (nSPS) is 12.5. The Morgan fingerprint density at radius 2 is 1.63 bits per heavy atom. The molecule has 2 heterocycles. The Balaban J connectivity index is 1.93. The third-order valence-corrected chi connectivity index (χ3v) is 6.51. The Hall–Kier alpha value is -3.65. The van der Waals surface area contributed by atoms with E-state index in [2.05, 4.69) is 0 Å². The summed E-state index contributed by atoms with van der Waals surface area (Å²) in [6.07, 6.45) is 1.76. The number of benzene rings is 2. The predicted octanol–water partition coefficient (Wildman–Crippen LogP) is 3.27. The molecule has 0 saturated heterocycles. The lowest BCUT2D eigenvalue weighted by atomic mass is 10.1. The molecule has 0 saturated carbocycles. The standard InChI is InChI=1S/C27H34N6O2/c1-5-16-32-26(34)24-25(31(27(32)35)17-15-20-11-13-22(28)14-12-20)29-23(33(24)19(2)30(3)4)18-21-9-7-6-8-10-21/h6-14,19H,5,15-18,28H2,1-4H3. The SMILES string of the molecule is CCCn1c(=O)c2c(nc(Cc3ccccc3)n2C(C)N(C)C)n(CCc2ccc(N)cc2)c1=O. The van der Waals surface area contributed by atoms with Gasteiger partial charge in [-0.3, -0.25) is 18.8 Å². The lowest BCUT2D eigenvalue weighted by molar-refractivity contribution is 0.239. The molecule has 0 aliphatic rings. The number of aromatic nitrogens is 4. The van der Waals surface area contributed by atoms with Crippen molar-refractivity contribution in [3.05, 3.63) is 92.4 Å². The van der Waals surface area contributed by atoms with E-state index < -0.39 is 0 Å². The summed E-state index contributed by atoms with van der Waals surface area (Å²) in [6.45, 7) is 4.80. The average molecular weight is 475 g/mol. The Kier molecular flexibility index (Phi) is 7.21. The molecule has 2 N–H and O–H groups in total. The molecule has 8 nitrogen and oxygen atoms in total. The molecule has 1 atom stereocenters. The highest BCUT2D eigenvalue weighted by Gasteiger charge is 2.25. The molecule has 0 aliphatic heterocycles. The topological polar surface area (TPSA) is 91.1 Å². The van der Waals surface area contributed by atoms with Gasteiger partial charge in [0.15, 0.2) is 11.2 Å². The number of aryl methyl sites for hydroxylation is 2. The van der Waals surface area contributed by atoms with Crippen LogP contribution < -0.4 is 17.0 Å². The summed E-state index contributed by atoms with van der Waals surface area (Å²) in [6, 6.07) is 17.7. The summed E-state index contributed by atoms with van der Waals surface area (Å²) in [5.74, 6) is 0.763. The van der Waals surface area contributed by atoms with Gasteiger partial charge < -0.3 is 10.3 Å². The van der Waals surface area contributed by atoms with E-state index in [9.17, 15) is 9.59 Å². The fourth-order valence-corrected chi connectivity index (χ4v) is 4.39. The van der Waals surface area contributed by atoms with Gasteiger partial charge in [-0.05, 0) is 57.1 Å². The number of nitrogens with zero attached hydrogens (tertiary/aromatic N) is 5.